The molecule has 3 fully saturated rings. The Balaban J connectivity index is 1.17. The summed E-state index contributed by atoms with van der Waals surface area (Å²) in [5.41, 5.74) is 3.16. The topological polar surface area (TPSA) is 78.6 Å². The number of nitrogens with zero attached hydrogens (tertiary/aromatic N) is 1. The minimum Gasteiger partial charge on any atom is -0.463 e. The van der Waals surface area contributed by atoms with E-state index in [1.54, 1.807) is 12.5 Å². The number of hydrogen-bond acceptors (Lipinski definition) is 6. The van der Waals surface area contributed by atoms with Crippen LogP contribution >= 0.6 is 0 Å². The van der Waals surface area contributed by atoms with Gasteiger partial charge in [0.05, 0.1) is 24.1 Å². The molecular formula is C31H39NO5. The number of aromatic nitrogens is 1. The van der Waals surface area contributed by atoms with Crippen LogP contribution in [0.2, 0.25) is 0 Å². The summed E-state index contributed by atoms with van der Waals surface area (Å²) in [5.74, 6) is 1.50. The molecule has 3 saturated carbocycles. The van der Waals surface area contributed by atoms with Gasteiger partial charge < -0.3 is 13.9 Å². The summed E-state index contributed by atoms with van der Waals surface area (Å²) in [4.78, 5) is 29.6. The van der Waals surface area contributed by atoms with Gasteiger partial charge in [-0.2, -0.15) is 0 Å². The van der Waals surface area contributed by atoms with E-state index in [2.05, 4.69) is 24.9 Å². The zero-order valence-electron chi connectivity index (χ0n) is 22.5. The van der Waals surface area contributed by atoms with Crippen LogP contribution in [0.25, 0.3) is 11.0 Å². The Morgan fingerprint density at radius 3 is 2.78 bits per heavy atom. The van der Waals surface area contributed by atoms with Gasteiger partial charge in [-0.15, -0.1) is 0 Å². The summed E-state index contributed by atoms with van der Waals surface area (Å²) >= 11 is 0. The molecule has 6 heteroatoms. The molecule has 4 aliphatic rings. The van der Waals surface area contributed by atoms with E-state index in [4.69, 9.17) is 13.9 Å². The van der Waals surface area contributed by atoms with Gasteiger partial charge in [0, 0.05) is 18.7 Å². The summed E-state index contributed by atoms with van der Waals surface area (Å²) in [6.45, 7) is 8.23. The van der Waals surface area contributed by atoms with E-state index in [1.165, 1.54) is 12.5 Å². The summed E-state index contributed by atoms with van der Waals surface area (Å²) < 4.78 is 17.0. The lowest BCUT2D eigenvalue weighted by atomic mass is 9.47. The Kier molecular flexibility index (Phi) is 6.00. The first-order chi connectivity index (χ1) is 17.7. The van der Waals surface area contributed by atoms with Crippen molar-refractivity contribution in [2.24, 2.45) is 34.5 Å². The van der Waals surface area contributed by atoms with Crippen molar-refractivity contribution in [1.82, 2.24) is 4.98 Å². The zero-order chi connectivity index (χ0) is 25.9. The lowest BCUT2D eigenvalue weighted by Crippen LogP contribution is -2.51. The van der Waals surface area contributed by atoms with Crippen LogP contribution in [0.1, 0.15) is 90.9 Å². The molecule has 6 nitrogen and oxygen atoms in total. The Labute approximate surface area is 219 Å². The normalized spacial score (nSPS) is 37.6. The molecule has 198 valence electrons. The average Bonchev–Trinajstić information content (AvgIpc) is 3.47. The predicted octanol–water partition coefficient (Wildman–Crippen LogP) is 6.94. The highest BCUT2D eigenvalue weighted by Crippen LogP contribution is 2.66. The van der Waals surface area contributed by atoms with Gasteiger partial charge >= 0.3 is 11.9 Å². The van der Waals surface area contributed by atoms with E-state index in [0.717, 1.165) is 68.0 Å². The maximum absolute atomic E-state index is 13.6. The standard InChI is InChI=1S/C31H39NO5/c1-18(27-15-20-11-14-35-28(20)17-32-27)36-29(34)26-8-7-24-23-6-5-21-16-22(37-19(2)33)9-12-30(21,3)25(23)10-13-31(24,26)4/h5,11,14-15,17-18,22-26H,6-10,12-13,16H2,1-4H3/t18-,22-,23-,24-,25-,26+,30-,31-/m0/s1. The Morgan fingerprint density at radius 2 is 1.97 bits per heavy atom. The second-order valence-electron chi connectivity index (χ2n) is 12.6. The van der Waals surface area contributed by atoms with Gasteiger partial charge in [0.2, 0.25) is 0 Å². The predicted molar refractivity (Wildman–Crippen MR) is 139 cm³/mol. The Bertz CT molecular complexity index is 1250. The number of carbonyl (C=O) groups excluding carboxylic acids is 2. The average molecular weight is 506 g/mol. The van der Waals surface area contributed by atoms with Crippen LogP contribution in [-0.4, -0.2) is 23.0 Å². The number of ether oxygens (including phenoxy) is 2. The fourth-order valence-corrected chi connectivity index (χ4v) is 8.77. The highest BCUT2D eigenvalue weighted by Gasteiger charge is 2.60. The van der Waals surface area contributed by atoms with Crippen molar-refractivity contribution in [2.75, 3.05) is 0 Å². The summed E-state index contributed by atoms with van der Waals surface area (Å²) in [6, 6.07) is 3.85. The second-order valence-corrected chi connectivity index (χ2v) is 12.6. The summed E-state index contributed by atoms with van der Waals surface area (Å²) in [5, 5.41) is 0.972. The van der Waals surface area contributed by atoms with Gasteiger partial charge in [-0.05, 0) is 92.6 Å². The number of pyridine rings is 1. The first-order valence-corrected chi connectivity index (χ1v) is 14.1. The molecule has 8 atom stereocenters. The van der Waals surface area contributed by atoms with Gasteiger partial charge in [0.1, 0.15) is 12.2 Å². The fourth-order valence-electron chi connectivity index (χ4n) is 8.77. The van der Waals surface area contributed by atoms with Crippen molar-refractivity contribution in [1.29, 1.82) is 0 Å². The van der Waals surface area contributed by atoms with Crippen molar-refractivity contribution in [2.45, 2.75) is 91.3 Å². The second kappa shape index (κ2) is 8.99. The third kappa shape index (κ3) is 4.02. The molecular weight excluding hydrogens is 466 g/mol. The minimum atomic E-state index is -0.391. The molecule has 0 amide bonds. The van der Waals surface area contributed by atoms with Crippen molar-refractivity contribution in [3.8, 4) is 0 Å². The van der Waals surface area contributed by atoms with Gasteiger partial charge in [0.25, 0.3) is 0 Å². The molecule has 37 heavy (non-hydrogen) atoms. The monoisotopic (exact) mass is 505 g/mol. The molecule has 0 N–H and O–H groups in total. The number of fused-ring (bicyclic) bond motifs is 6. The number of hydrogen-bond donors (Lipinski definition) is 0. The van der Waals surface area contributed by atoms with Crippen LogP contribution in [0.5, 0.6) is 0 Å². The van der Waals surface area contributed by atoms with Crippen molar-refractivity contribution in [3.05, 3.63) is 41.9 Å². The van der Waals surface area contributed by atoms with E-state index in [-0.39, 0.29) is 34.8 Å². The lowest BCUT2D eigenvalue weighted by Gasteiger charge is -2.57. The third-order valence-electron chi connectivity index (χ3n) is 10.7. The Hall–Kier alpha value is -2.63. The van der Waals surface area contributed by atoms with Gasteiger partial charge in [-0.25, -0.2) is 0 Å². The van der Waals surface area contributed by atoms with E-state index < -0.39 is 6.10 Å². The molecule has 0 aliphatic heterocycles. The minimum absolute atomic E-state index is 0.0173. The number of allylic oxidation sites excluding steroid dienone is 1. The number of rotatable bonds is 4. The number of esters is 2. The van der Waals surface area contributed by atoms with Gasteiger partial charge in [-0.3, -0.25) is 14.6 Å². The molecule has 2 aromatic heterocycles. The summed E-state index contributed by atoms with van der Waals surface area (Å²) in [7, 11) is 0. The highest BCUT2D eigenvalue weighted by molar-refractivity contribution is 5.77. The van der Waals surface area contributed by atoms with Crippen LogP contribution in [0, 0.1) is 34.5 Å². The molecule has 0 unspecified atom stereocenters. The van der Waals surface area contributed by atoms with Gasteiger partial charge in [-0.1, -0.05) is 25.5 Å². The van der Waals surface area contributed by atoms with Gasteiger partial charge in [0.15, 0.2) is 5.58 Å². The quantitative estimate of drug-likeness (QED) is 0.331. The molecule has 0 aromatic carbocycles. The first-order valence-electron chi connectivity index (χ1n) is 14.1. The van der Waals surface area contributed by atoms with E-state index in [0.29, 0.717) is 17.8 Å². The molecule has 0 spiro atoms. The molecule has 2 aromatic rings. The van der Waals surface area contributed by atoms with Crippen molar-refractivity contribution < 1.29 is 23.5 Å². The van der Waals surface area contributed by atoms with Crippen LogP contribution < -0.4 is 0 Å². The maximum atomic E-state index is 13.6. The highest BCUT2D eigenvalue weighted by atomic mass is 16.5. The van der Waals surface area contributed by atoms with Crippen LogP contribution in [0.3, 0.4) is 0 Å². The molecule has 6 rings (SSSR count). The number of carbonyl (C=O) groups is 2. The zero-order valence-corrected chi connectivity index (χ0v) is 22.5. The van der Waals surface area contributed by atoms with Crippen molar-refractivity contribution >= 4 is 22.9 Å². The first kappa shape index (κ1) is 24.7. The van der Waals surface area contributed by atoms with Crippen LogP contribution in [0.15, 0.2) is 40.7 Å². The maximum Gasteiger partial charge on any atom is 0.310 e. The van der Waals surface area contributed by atoms with Crippen LogP contribution in [0.4, 0.5) is 0 Å². The number of furan rings is 1. The van der Waals surface area contributed by atoms with E-state index in [9.17, 15) is 9.59 Å². The van der Waals surface area contributed by atoms with E-state index >= 15 is 0 Å². The van der Waals surface area contributed by atoms with Crippen LogP contribution in [-0.2, 0) is 19.1 Å². The SMILES string of the molecule is CC(=O)O[C@H]1CC[C@@]2(C)C(=CC[C@H]3[C@@H]4CC[C@H](C(=O)O[C@@H](C)c5cc6ccoc6cn5)[C@@]4(C)CC[C@@H]32)C1. The molecule has 2 heterocycles. The molecule has 0 saturated heterocycles. The smallest absolute Gasteiger partial charge is 0.310 e. The third-order valence-corrected chi connectivity index (χ3v) is 10.7. The molecule has 4 aliphatic carbocycles. The Morgan fingerprint density at radius 1 is 1.14 bits per heavy atom. The largest absolute Gasteiger partial charge is 0.463 e. The lowest BCUT2D eigenvalue weighted by molar-refractivity contribution is -0.161. The van der Waals surface area contributed by atoms with E-state index in [1.807, 2.05) is 19.1 Å². The van der Waals surface area contributed by atoms with Crippen molar-refractivity contribution in [3.63, 3.8) is 0 Å². The summed E-state index contributed by atoms with van der Waals surface area (Å²) in [6.07, 6.45) is 13.7. The molecule has 0 bridgehead atoms. The fraction of sp³-hybridized carbons (Fsp3) is 0.645. The molecule has 0 radical (unpaired) electrons.